The SMILES string of the molecule is CC1CCC(Cn2c(N3C(C)CO[C@H]4CCC[C@@H]43)nc3cc(-c4noc(=O)[nH]4)nc(-c4cncc(Cl)c4)c32)CC1. The standard InChI is InChI=1S/C29H34ClN7O3/c1-16-6-8-18(9-7-16)14-36-26-21(33-28(36)37-17(2)15-39-24-5-3-4-23(24)37)11-22(27-34-29(38)40-35-27)32-25(26)19-10-20(30)13-31-12-19/h10-13,16-18,23-24H,3-9,14-15H2,1-2H3,(H,34,35,38)/t16?,17?,18?,23-,24-/m0/s1. The Balaban J connectivity index is 1.46. The molecule has 1 N–H and O–H groups in total. The number of halogens is 1. The van der Waals surface area contributed by atoms with Crippen LogP contribution in [0.3, 0.4) is 0 Å². The molecular weight excluding hydrogens is 530 g/mol. The van der Waals surface area contributed by atoms with Crippen molar-refractivity contribution in [3.8, 4) is 22.8 Å². The fourth-order valence-corrected chi connectivity index (χ4v) is 7.10. The van der Waals surface area contributed by atoms with Gasteiger partial charge in [-0.3, -0.25) is 14.5 Å². The van der Waals surface area contributed by atoms with Crippen molar-refractivity contribution in [2.75, 3.05) is 11.5 Å². The Bertz CT molecular complexity index is 1590. The lowest BCUT2D eigenvalue weighted by Crippen LogP contribution is -2.54. The lowest BCUT2D eigenvalue weighted by molar-refractivity contribution is 0.00642. The summed E-state index contributed by atoms with van der Waals surface area (Å²) in [6, 6.07) is 4.25. The van der Waals surface area contributed by atoms with Gasteiger partial charge in [0.1, 0.15) is 5.69 Å². The number of imidazole rings is 1. The highest BCUT2D eigenvalue weighted by Gasteiger charge is 2.42. The van der Waals surface area contributed by atoms with Crippen LogP contribution in [0.4, 0.5) is 5.95 Å². The van der Waals surface area contributed by atoms with Crippen molar-refractivity contribution in [1.82, 2.24) is 29.7 Å². The first-order valence-electron chi connectivity index (χ1n) is 14.4. The molecule has 2 saturated carbocycles. The van der Waals surface area contributed by atoms with Gasteiger partial charge in [0.05, 0.1) is 46.5 Å². The third-order valence-corrected chi connectivity index (χ3v) is 9.18. The molecule has 210 valence electrons. The van der Waals surface area contributed by atoms with Crippen LogP contribution in [0.25, 0.3) is 33.8 Å². The average molecular weight is 564 g/mol. The van der Waals surface area contributed by atoms with Crippen molar-refractivity contribution in [3.05, 3.63) is 40.1 Å². The molecule has 0 radical (unpaired) electrons. The van der Waals surface area contributed by atoms with Gasteiger partial charge in [0.25, 0.3) is 0 Å². The second-order valence-corrected chi connectivity index (χ2v) is 12.3. The van der Waals surface area contributed by atoms with Crippen LogP contribution >= 0.6 is 11.6 Å². The first-order chi connectivity index (χ1) is 19.4. The quantitative estimate of drug-likeness (QED) is 0.340. The molecule has 40 heavy (non-hydrogen) atoms. The predicted octanol–water partition coefficient (Wildman–Crippen LogP) is 5.46. The van der Waals surface area contributed by atoms with Crippen LogP contribution in [0, 0.1) is 11.8 Å². The lowest BCUT2D eigenvalue weighted by atomic mass is 9.83. The summed E-state index contributed by atoms with van der Waals surface area (Å²) in [5, 5.41) is 4.44. The monoisotopic (exact) mass is 563 g/mol. The van der Waals surface area contributed by atoms with Gasteiger partial charge >= 0.3 is 5.76 Å². The third kappa shape index (κ3) is 4.60. The molecule has 4 aromatic rings. The Morgan fingerprint density at radius 2 is 1.93 bits per heavy atom. The van der Waals surface area contributed by atoms with Crippen molar-refractivity contribution in [2.45, 2.75) is 83.5 Å². The van der Waals surface area contributed by atoms with E-state index in [1.807, 2.05) is 12.1 Å². The van der Waals surface area contributed by atoms with Gasteiger partial charge in [-0.25, -0.2) is 14.8 Å². The number of morpholine rings is 1. The van der Waals surface area contributed by atoms with E-state index >= 15 is 0 Å². The van der Waals surface area contributed by atoms with Crippen LogP contribution in [-0.4, -0.2) is 54.5 Å². The lowest BCUT2D eigenvalue weighted by Gasteiger charge is -2.43. The summed E-state index contributed by atoms with van der Waals surface area (Å²) in [4.78, 5) is 31.6. The molecule has 0 aromatic carbocycles. The minimum atomic E-state index is -0.630. The number of pyridine rings is 2. The number of anilines is 1. The molecule has 5 heterocycles. The number of fused-ring (bicyclic) bond motifs is 2. The van der Waals surface area contributed by atoms with Crippen molar-refractivity contribution in [2.24, 2.45) is 11.8 Å². The van der Waals surface area contributed by atoms with Crippen molar-refractivity contribution in [3.63, 3.8) is 0 Å². The molecule has 4 aromatic heterocycles. The van der Waals surface area contributed by atoms with Gasteiger partial charge in [-0.1, -0.05) is 36.5 Å². The van der Waals surface area contributed by atoms with E-state index < -0.39 is 5.76 Å². The van der Waals surface area contributed by atoms with Crippen molar-refractivity contribution in [1.29, 1.82) is 0 Å². The number of aromatic nitrogens is 6. The summed E-state index contributed by atoms with van der Waals surface area (Å²) >= 11 is 6.41. The van der Waals surface area contributed by atoms with Crippen LogP contribution in [0.1, 0.15) is 58.8 Å². The number of rotatable bonds is 5. The molecule has 0 amide bonds. The number of aromatic amines is 1. The Labute approximate surface area is 237 Å². The number of nitrogens with zero attached hydrogens (tertiary/aromatic N) is 6. The maximum absolute atomic E-state index is 11.8. The van der Waals surface area contributed by atoms with Gasteiger partial charge in [-0.2, -0.15) is 0 Å². The first kappa shape index (κ1) is 25.7. The van der Waals surface area contributed by atoms with E-state index in [2.05, 4.69) is 38.4 Å². The minimum absolute atomic E-state index is 0.192. The molecular formula is C29H34ClN7O3. The molecule has 10 nitrogen and oxygen atoms in total. The number of nitrogens with one attached hydrogen (secondary N) is 1. The molecule has 3 fully saturated rings. The number of hydrogen-bond acceptors (Lipinski definition) is 8. The van der Waals surface area contributed by atoms with Gasteiger partial charge in [0, 0.05) is 24.5 Å². The Morgan fingerprint density at radius 1 is 1.07 bits per heavy atom. The molecule has 1 saturated heterocycles. The maximum atomic E-state index is 11.8. The topological polar surface area (TPSA) is 115 Å². The van der Waals surface area contributed by atoms with Crippen molar-refractivity contribution < 1.29 is 9.26 Å². The first-order valence-corrected chi connectivity index (χ1v) is 14.8. The van der Waals surface area contributed by atoms with E-state index in [4.69, 9.17) is 30.8 Å². The van der Waals surface area contributed by atoms with Crippen LogP contribution < -0.4 is 10.7 Å². The van der Waals surface area contributed by atoms with Gasteiger partial charge in [-0.05, 0) is 63.0 Å². The number of H-pyrrole nitrogens is 1. The average Bonchev–Trinajstić information content (AvgIpc) is 3.68. The zero-order valence-electron chi connectivity index (χ0n) is 22.8. The highest BCUT2D eigenvalue weighted by Crippen LogP contribution is 2.41. The van der Waals surface area contributed by atoms with E-state index in [9.17, 15) is 4.79 Å². The summed E-state index contributed by atoms with van der Waals surface area (Å²) in [5.74, 6) is 1.92. The minimum Gasteiger partial charge on any atom is -0.374 e. The Kier molecular flexibility index (Phi) is 6.62. The molecule has 11 heteroatoms. The number of ether oxygens (including phenoxy) is 1. The fourth-order valence-electron chi connectivity index (χ4n) is 6.92. The van der Waals surface area contributed by atoms with Crippen LogP contribution in [-0.2, 0) is 11.3 Å². The van der Waals surface area contributed by atoms with E-state index in [0.717, 1.165) is 54.3 Å². The third-order valence-electron chi connectivity index (χ3n) is 8.97. The van der Waals surface area contributed by atoms with Crippen LogP contribution in [0.5, 0.6) is 0 Å². The Morgan fingerprint density at radius 3 is 2.70 bits per heavy atom. The Hall–Kier alpha value is -3.24. The highest BCUT2D eigenvalue weighted by molar-refractivity contribution is 6.30. The summed E-state index contributed by atoms with van der Waals surface area (Å²) in [6.07, 6.45) is 11.8. The zero-order chi connectivity index (χ0) is 27.4. The highest BCUT2D eigenvalue weighted by atomic mass is 35.5. The smallest absolute Gasteiger partial charge is 0.374 e. The fraction of sp³-hybridized carbons (Fsp3) is 0.552. The zero-order valence-corrected chi connectivity index (χ0v) is 23.6. The largest absolute Gasteiger partial charge is 0.439 e. The molecule has 3 atom stereocenters. The van der Waals surface area contributed by atoms with Gasteiger partial charge in [-0.15, -0.1) is 0 Å². The number of hydrogen-bond donors (Lipinski definition) is 1. The second kappa shape index (κ2) is 10.3. The predicted molar refractivity (Wildman–Crippen MR) is 152 cm³/mol. The van der Waals surface area contributed by atoms with Crippen LogP contribution in [0.15, 0.2) is 33.8 Å². The second-order valence-electron chi connectivity index (χ2n) is 11.8. The summed E-state index contributed by atoms with van der Waals surface area (Å²) in [6.45, 7) is 6.13. The molecule has 0 spiro atoms. The normalized spacial score (nSPS) is 26.9. The molecule has 1 unspecified atom stereocenters. The van der Waals surface area contributed by atoms with Crippen molar-refractivity contribution >= 4 is 28.6 Å². The van der Waals surface area contributed by atoms with E-state index in [1.54, 1.807) is 12.4 Å². The van der Waals surface area contributed by atoms with Crippen LogP contribution in [0.2, 0.25) is 5.02 Å². The van der Waals surface area contributed by atoms with Gasteiger partial charge in [0.15, 0.2) is 0 Å². The maximum Gasteiger partial charge on any atom is 0.439 e. The van der Waals surface area contributed by atoms with E-state index in [0.29, 0.717) is 35.0 Å². The van der Waals surface area contributed by atoms with E-state index in [1.165, 1.54) is 25.7 Å². The summed E-state index contributed by atoms with van der Waals surface area (Å²) in [5.41, 5.74) is 3.70. The molecule has 1 aliphatic heterocycles. The molecule has 2 aliphatic carbocycles. The molecule has 0 bridgehead atoms. The van der Waals surface area contributed by atoms with Gasteiger partial charge in [0.2, 0.25) is 11.8 Å². The van der Waals surface area contributed by atoms with Gasteiger partial charge < -0.3 is 14.2 Å². The summed E-state index contributed by atoms with van der Waals surface area (Å²) in [7, 11) is 0. The molecule has 7 rings (SSSR count). The molecule has 3 aliphatic rings. The summed E-state index contributed by atoms with van der Waals surface area (Å²) < 4.78 is 13.5. The van der Waals surface area contributed by atoms with E-state index in [-0.39, 0.29) is 18.0 Å².